The number of para-hydroxylation sites is 2. The number of piperazine rings is 1. The van der Waals surface area contributed by atoms with Crippen LogP contribution >= 0.6 is 0 Å². The van der Waals surface area contributed by atoms with E-state index in [1.807, 2.05) is 31.3 Å². The molecule has 1 aromatic carbocycles. The summed E-state index contributed by atoms with van der Waals surface area (Å²) < 4.78 is 2.15. The molecule has 2 N–H and O–H groups in total. The van der Waals surface area contributed by atoms with Crippen LogP contribution in [0.3, 0.4) is 0 Å². The van der Waals surface area contributed by atoms with Gasteiger partial charge in [0.2, 0.25) is 0 Å². The van der Waals surface area contributed by atoms with Gasteiger partial charge in [-0.1, -0.05) is 12.1 Å². The van der Waals surface area contributed by atoms with E-state index in [9.17, 15) is 0 Å². The largest absolute Gasteiger partial charge is 0.368 e. The van der Waals surface area contributed by atoms with Crippen LogP contribution < -0.4 is 10.2 Å². The molecule has 5 heterocycles. The quantitative estimate of drug-likeness (QED) is 0.463. The molecule has 2 atom stereocenters. The first-order valence-corrected chi connectivity index (χ1v) is 10.7. The summed E-state index contributed by atoms with van der Waals surface area (Å²) in [7, 11) is 0. The van der Waals surface area contributed by atoms with Gasteiger partial charge in [-0.15, -0.1) is 10.2 Å². The predicted molar refractivity (Wildman–Crippen MR) is 122 cm³/mol. The molecule has 8 heteroatoms. The summed E-state index contributed by atoms with van der Waals surface area (Å²) in [4.78, 5) is 15.5. The minimum atomic E-state index is 0.418. The molecule has 1 fully saturated rings. The number of anilines is 1. The molecular weight excluding hydrogens is 388 g/mol. The van der Waals surface area contributed by atoms with Crippen molar-refractivity contribution in [3.05, 3.63) is 48.4 Å². The molecule has 6 rings (SSSR count). The Balaban J connectivity index is 1.71. The first-order chi connectivity index (χ1) is 15.1. The number of fused-ring (bicyclic) bond motifs is 5. The standard InChI is InChI=1S/C23H24N8/c1-13-11-30(12-14(2)25-13)19-8-9-24-22-16(19)10-17(21-26-15(3)28-29-21)23-27-18-6-4-5-7-20(18)31(22)23/h4-10,13-14,25H,11-12H2,1-3H3,(H,26,28,29). The van der Waals surface area contributed by atoms with Crippen molar-refractivity contribution in [3.63, 3.8) is 0 Å². The fourth-order valence-corrected chi connectivity index (χ4v) is 4.84. The van der Waals surface area contributed by atoms with E-state index >= 15 is 0 Å². The Morgan fingerprint density at radius 2 is 1.81 bits per heavy atom. The minimum absolute atomic E-state index is 0.418. The highest BCUT2D eigenvalue weighted by molar-refractivity contribution is 6.00. The van der Waals surface area contributed by atoms with E-state index in [2.05, 4.69) is 61.8 Å². The molecule has 2 unspecified atom stereocenters. The summed E-state index contributed by atoms with van der Waals surface area (Å²) >= 11 is 0. The number of nitrogens with one attached hydrogen (secondary N) is 2. The number of hydrogen-bond donors (Lipinski definition) is 2. The molecule has 0 aliphatic carbocycles. The third-order valence-electron chi connectivity index (χ3n) is 6.00. The van der Waals surface area contributed by atoms with E-state index < -0.39 is 0 Å². The van der Waals surface area contributed by atoms with Gasteiger partial charge >= 0.3 is 0 Å². The molecule has 4 aromatic heterocycles. The summed E-state index contributed by atoms with van der Waals surface area (Å²) in [5.74, 6) is 1.50. The highest BCUT2D eigenvalue weighted by atomic mass is 15.2. The van der Waals surface area contributed by atoms with Crippen LogP contribution in [0.1, 0.15) is 19.7 Å². The van der Waals surface area contributed by atoms with E-state index in [-0.39, 0.29) is 0 Å². The molecule has 5 aromatic rings. The fraction of sp³-hybridized carbons (Fsp3) is 0.304. The monoisotopic (exact) mass is 412 g/mol. The van der Waals surface area contributed by atoms with Crippen LogP contribution in [-0.4, -0.2) is 54.7 Å². The number of aromatic nitrogens is 6. The van der Waals surface area contributed by atoms with E-state index in [1.165, 1.54) is 5.69 Å². The number of pyridine rings is 2. The second-order valence-electron chi connectivity index (χ2n) is 8.52. The van der Waals surface area contributed by atoms with Gasteiger partial charge in [0.25, 0.3) is 0 Å². The van der Waals surface area contributed by atoms with Crippen molar-refractivity contribution in [2.24, 2.45) is 0 Å². The Kier molecular flexibility index (Phi) is 3.97. The van der Waals surface area contributed by atoms with Gasteiger partial charge in [-0.2, -0.15) is 0 Å². The van der Waals surface area contributed by atoms with Crippen molar-refractivity contribution in [1.29, 1.82) is 0 Å². The molecule has 0 spiro atoms. The van der Waals surface area contributed by atoms with Crippen LogP contribution in [0.5, 0.6) is 0 Å². The average Bonchev–Trinajstić information content (AvgIpc) is 3.36. The summed E-state index contributed by atoms with van der Waals surface area (Å²) in [6.45, 7) is 8.27. The molecule has 0 radical (unpaired) electrons. The van der Waals surface area contributed by atoms with E-state index in [4.69, 9.17) is 9.97 Å². The van der Waals surface area contributed by atoms with Gasteiger partial charge in [0.1, 0.15) is 11.5 Å². The van der Waals surface area contributed by atoms with Crippen molar-refractivity contribution in [3.8, 4) is 11.4 Å². The SMILES string of the molecule is Cc1nnc(-c2cc3c(N4CC(C)NC(C)C4)ccnc3n3c2nc2ccccc23)[nH]1. The first-order valence-electron chi connectivity index (χ1n) is 10.7. The lowest BCUT2D eigenvalue weighted by Crippen LogP contribution is -2.54. The van der Waals surface area contributed by atoms with Gasteiger partial charge in [-0.3, -0.25) is 4.40 Å². The number of rotatable bonds is 2. The van der Waals surface area contributed by atoms with E-state index in [0.29, 0.717) is 12.1 Å². The minimum Gasteiger partial charge on any atom is -0.368 e. The lowest BCUT2D eigenvalue weighted by Gasteiger charge is -2.38. The number of aryl methyl sites for hydroxylation is 1. The Morgan fingerprint density at radius 3 is 2.58 bits per heavy atom. The van der Waals surface area contributed by atoms with E-state index in [1.54, 1.807) is 0 Å². The molecular formula is C23H24N8. The number of nitrogens with zero attached hydrogens (tertiary/aromatic N) is 6. The molecule has 31 heavy (non-hydrogen) atoms. The van der Waals surface area contributed by atoms with Gasteiger partial charge in [0, 0.05) is 42.4 Å². The maximum absolute atomic E-state index is 4.93. The zero-order valence-corrected chi connectivity index (χ0v) is 17.8. The Hall–Kier alpha value is -3.52. The lowest BCUT2D eigenvalue weighted by atomic mass is 10.1. The van der Waals surface area contributed by atoms with Crippen LogP contribution in [0, 0.1) is 6.92 Å². The molecule has 0 amide bonds. The van der Waals surface area contributed by atoms with E-state index in [0.717, 1.165) is 58.0 Å². The topological polar surface area (TPSA) is 87.0 Å². The molecule has 1 aliphatic heterocycles. The smallest absolute Gasteiger partial charge is 0.165 e. The number of imidazole rings is 1. The third kappa shape index (κ3) is 2.86. The number of hydrogen-bond acceptors (Lipinski definition) is 6. The van der Waals surface area contributed by atoms with Gasteiger partial charge in [-0.05, 0) is 45.0 Å². The highest BCUT2D eigenvalue weighted by Crippen LogP contribution is 2.34. The summed E-state index contributed by atoms with van der Waals surface area (Å²) in [5, 5.41) is 13.3. The Labute approximate surface area is 179 Å². The van der Waals surface area contributed by atoms with Crippen molar-refractivity contribution in [1.82, 2.24) is 34.9 Å². The van der Waals surface area contributed by atoms with Crippen LogP contribution in [0.4, 0.5) is 5.69 Å². The van der Waals surface area contributed by atoms with Gasteiger partial charge in [0.05, 0.1) is 16.6 Å². The number of H-pyrrole nitrogens is 1. The maximum atomic E-state index is 4.93. The fourth-order valence-electron chi connectivity index (χ4n) is 4.84. The van der Waals surface area contributed by atoms with Crippen LogP contribution in [-0.2, 0) is 0 Å². The van der Waals surface area contributed by atoms with Crippen LogP contribution in [0.15, 0.2) is 42.6 Å². The number of aromatic amines is 1. The summed E-state index contributed by atoms with van der Waals surface area (Å²) in [6, 6.07) is 13.3. The van der Waals surface area contributed by atoms with Gasteiger partial charge in [0.15, 0.2) is 11.5 Å². The van der Waals surface area contributed by atoms with Gasteiger partial charge < -0.3 is 15.2 Å². The second-order valence-corrected chi connectivity index (χ2v) is 8.52. The Bertz CT molecular complexity index is 1420. The number of benzene rings is 1. The van der Waals surface area contributed by atoms with Crippen molar-refractivity contribution < 1.29 is 0 Å². The Morgan fingerprint density at radius 1 is 1.00 bits per heavy atom. The van der Waals surface area contributed by atoms with Crippen molar-refractivity contribution in [2.75, 3.05) is 18.0 Å². The third-order valence-corrected chi connectivity index (χ3v) is 6.00. The predicted octanol–water partition coefficient (Wildman–Crippen LogP) is 3.32. The molecule has 0 saturated carbocycles. The normalized spacial score (nSPS) is 19.6. The van der Waals surface area contributed by atoms with Gasteiger partial charge in [-0.25, -0.2) is 9.97 Å². The first kappa shape index (κ1) is 18.3. The maximum Gasteiger partial charge on any atom is 0.165 e. The summed E-state index contributed by atoms with van der Waals surface area (Å²) in [6.07, 6.45) is 1.90. The second kappa shape index (κ2) is 6.75. The van der Waals surface area contributed by atoms with Crippen LogP contribution in [0.2, 0.25) is 0 Å². The highest BCUT2D eigenvalue weighted by Gasteiger charge is 2.24. The molecule has 156 valence electrons. The van der Waals surface area contributed by atoms with Crippen molar-refractivity contribution in [2.45, 2.75) is 32.9 Å². The van der Waals surface area contributed by atoms with Crippen molar-refractivity contribution >= 4 is 33.4 Å². The molecule has 0 bridgehead atoms. The molecule has 1 saturated heterocycles. The lowest BCUT2D eigenvalue weighted by molar-refractivity contribution is 0.407. The zero-order valence-electron chi connectivity index (χ0n) is 17.8. The average molecular weight is 413 g/mol. The zero-order chi connectivity index (χ0) is 21.1. The molecule has 1 aliphatic rings. The summed E-state index contributed by atoms with van der Waals surface area (Å²) in [5.41, 5.74) is 5.81. The molecule has 8 nitrogen and oxygen atoms in total. The van der Waals surface area contributed by atoms with Crippen LogP contribution in [0.25, 0.3) is 39.1 Å².